The quantitative estimate of drug-likeness (QED) is 0.781. The van der Waals surface area contributed by atoms with Gasteiger partial charge >= 0.3 is 6.01 Å². The number of halogens is 1. The molecule has 0 saturated carbocycles. The summed E-state index contributed by atoms with van der Waals surface area (Å²) in [6, 6.07) is 0.458. The second-order valence-electron chi connectivity index (χ2n) is 4.13. The van der Waals surface area contributed by atoms with Crippen LogP contribution < -0.4 is 4.74 Å². The number of aromatic nitrogens is 4. The Morgan fingerprint density at radius 3 is 3.06 bits per heavy atom. The van der Waals surface area contributed by atoms with Gasteiger partial charge in [0.15, 0.2) is 10.8 Å². The van der Waals surface area contributed by atoms with Gasteiger partial charge in [-0.3, -0.25) is 4.57 Å². The summed E-state index contributed by atoms with van der Waals surface area (Å²) in [5, 5.41) is 0.327. The van der Waals surface area contributed by atoms with Gasteiger partial charge in [-0.2, -0.15) is 4.98 Å². The molecule has 1 atom stereocenters. The molecule has 1 saturated heterocycles. The number of hydrogen-bond donors (Lipinski definition) is 0. The van der Waals surface area contributed by atoms with Crippen LogP contribution in [0.5, 0.6) is 6.01 Å². The number of nitrogens with zero attached hydrogens (tertiary/aromatic N) is 4. The summed E-state index contributed by atoms with van der Waals surface area (Å²) in [5.74, 6) is 0. The van der Waals surface area contributed by atoms with Crippen LogP contribution in [-0.4, -0.2) is 33.2 Å². The van der Waals surface area contributed by atoms with Crippen molar-refractivity contribution < 1.29 is 9.47 Å². The van der Waals surface area contributed by atoms with Gasteiger partial charge in [-0.25, -0.2) is 9.97 Å². The van der Waals surface area contributed by atoms with E-state index in [2.05, 4.69) is 15.0 Å². The number of hydrogen-bond acceptors (Lipinski definition) is 5. The summed E-state index contributed by atoms with van der Waals surface area (Å²) in [6.07, 6.45) is 4.45. The predicted molar refractivity (Wildman–Crippen MR) is 65.7 cm³/mol. The first-order valence-corrected chi connectivity index (χ1v) is 6.23. The van der Waals surface area contributed by atoms with Crippen LogP contribution in [0, 0.1) is 0 Å². The molecular weight excluding hydrogens is 256 g/mol. The fourth-order valence-electron chi connectivity index (χ4n) is 2.19. The summed E-state index contributed by atoms with van der Waals surface area (Å²) < 4.78 is 12.9. The molecule has 0 aromatic carbocycles. The molecule has 18 heavy (non-hydrogen) atoms. The van der Waals surface area contributed by atoms with Gasteiger partial charge in [0.1, 0.15) is 18.1 Å². The van der Waals surface area contributed by atoms with E-state index in [9.17, 15) is 0 Å². The van der Waals surface area contributed by atoms with Gasteiger partial charge in [0.25, 0.3) is 0 Å². The number of rotatable bonds is 2. The minimum Gasteiger partial charge on any atom is -0.468 e. The maximum absolute atomic E-state index is 6.01. The van der Waals surface area contributed by atoms with Crippen LogP contribution >= 0.6 is 11.6 Å². The summed E-state index contributed by atoms with van der Waals surface area (Å²) in [6.45, 7) is 0.742. The molecule has 0 N–H and O–H groups in total. The highest BCUT2D eigenvalue weighted by molar-refractivity contribution is 6.33. The van der Waals surface area contributed by atoms with Gasteiger partial charge in [-0.05, 0) is 19.3 Å². The molecule has 6 nitrogen and oxygen atoms in total. The molecule has 7 heteroatoms. The standard InChI is InChI=1S/C11H13ClN4O2/c1-17-11-15-8-9(12)13-6-14-10(8)16(11)7-4-2-3-5-18-7/h6-7H,2-5H2,1H3. The monoisotopic (exact) mass is 268 g/mol. The van der Waals surface area contributed by atoms with Gasteiger partial charge in [0.2, 0.25) is 0 Å². The molecule has 0 bridgehead atoms. The van der Waals surface area contributed by atoms with Gasteiger partial charge in [-0.1, -0.05) is 11.6 Å². The Labute approximate surface area is 109 Å². The maximum Gasteiger partial charge on any atom is 0.300 e. The molecule has 3 heterocycles. The van der Waals surface area contributed by atoms with Crippen molar-refractivity contribution in [2.75, 3.05) is 13.7 Å². The Bertz CT molecular complexity index is 565. The lowest BCUT2D eigenvalue weighted by Crippen LogP contribution is -2.19. The summed E-state index contributed by atoms with van der Waals surface area (Å²) >= 11 is 6.01. The summed E-state index contributed by atoms with van der Waals surface area (Å²) in [5.41, 5.74) is 1.20. The Hall–Kier alpha value is -1.40. The zero-order chi connectivity index (χ0) is 12.5. The van der Waals surface area contributed by atoms with Crippen LogP contribution in [0.15, 0.2) is 6.33 Å². The van der Waals surface area contributed by atoms with Crippen LogP contribution in [0.25, 0.3) is 11.2 Å². The highest BCUT2D eigenvalue weighted by Gasteiger charge is 2.24. The largest absolute Gasteiger partial charge is 0.468 e. The average Bonchev–Trinajstić information content (AvgIpc) is 2.80. The van der Waals surface area contributed by atoms with Crippen molar-refractivity contribution in [3.63, 3.8) is 0 Å². The van der Waals surface area contributed by atoms with Crippen LogP contribution in [0.2, 0.25) is 5.15 Å². The van der Waals surface area contributed by atoms with E-state index < -0.39 is 0 Å². The van der Waals surface area contributed by atoms with Gasteiger partial charge < -0.3 is 9.47 Å². The molecule has 1 aliphatic rings. The lowest BCUT2D eigenvalue weighted by Gasteiger charge is -2.24. The van der Waals surface area contributed by atoms with Crippen molar-refractivity contribution in [1.82, 2.24) is 19.5 Å². The Balaban J connectivity index is 2.16. The van der Waals surface area contributed by atoms with Crippen molar-refractivity contribution in [1.29, 1.82) is 0 Å². The van der Waals surface area contributed by atoms with Crippen molar-refractivity contribution in [3.8, 4) is 6.01 Å². The minimum absolute atomic E-state index is 0.0929. The minimum atomic E-state index is -0.0929. The highest BCUT2D eigenvalue weighted by Crippen LogP contribution is 2.32. The molecule has 0 aliphatic carbocycles. The third-order valence-corrected chi connectivity index (χ3v) is 3.30. The molecule has 2 aromatic heterocycles. The highest BCUT2D eigenvalue weighted by atomic mass is 35.5. The van der Waals surface area contributed by atoms with Crippen molar-refractivity contribution >= 4 is 22.8 Å². The average molecular weight is 269 g/mol. The molecule has 0 radical (unpaired) electrons. The number of imidazole rings is 1. The van der Waals surface area contributed by atoms with E-state index in [1.54, 1.807) is 7.11 Å². The first-order chi connectivity index (χ1) is 8.81. The SMILES string of the molecule is COc1nc2c(Cl)ncnc2n1C1CCCCO1. The second-order valence-corrected chi connectivity index (χ2v) is 4.48. The van der Waals surface area contributed by atoms with Gasteiger partial charge in [0, 0.05) is 6.61 Å². The Morgan fingerprint density at radius 2 is 2.33 bits per heavy atom. The fraction of sp³-hybridized carbons (Fsp3) is 0.545. The molecule has 0 spiro atoms. The fourth-order valence-corrected chi connectivity index (χ4v) is 2.36. The van der Waals surface area contributed by atoms with Crippen molar-refractivity contribution in [2.24, 2.45) is 0 Å². The summed E-state index contributed by atoms with van der Waals surface area (Å²) in [4.78, 5) is 12.5. The third-order valence-electron chi connectivity index (χ3n) is 3.03. The normalized spacial score (nSPS) is 20.2. The first kappa shape index (κ1) is 11.7. The zero-order valence-corrected chi connectivity index (χ0v) is 10.7. The summed E-state index contributed by atoms with van der Waals surface area (Å²) in [7, 11) is 1.57. The van der Waals surface area contributed by atoms with Gasteiger partial charge in [-0.15, -0.1) is 0 Å². The third kappa shape index (κ3) is 1.81. The van der Waals surface area contributed by atoms with E-state index in [-0.39, 0.29) is 6.23 Å². The number of fused-ring (bicyclic) bond motifs is 1. The van der Waals surface area contributed by atoms with E-state index in [0.29, 0.717) is 22.3 Å². The lowest BCUT2D eigenvalue weighted by molar-refractivity contribution is -0.0334. The number of methoxy groups -OCH3 is 1. The zero-order valence-electron chi connectivity index (χ0n) is 9.97. The van der Waals surface area contributed by atoms with Gasteiger partial charge in [0.05, 0.1) is 7.11 Å². The Morgan fingerprint density at radius 1 is 1.44 bits per heavy atom. The molecule has 0 amide bonds. The van der Waals surface area contributed by atoms with Crippen LogP contribution in [-0.2, 0) is 4.74 Å². The first-order valence-electron chi connectivity index (χ1n) is 5.85. The van der Waals surface area contributed by atoms with E-state index in [1.807, 2.05) is 4.57 Å². The van der Waals surface area contributed by atoms with Crippen molar-refractivity contribution in [2.45, 2.75) is 25.5 Å². The second kappa shape index (κ2) is 4.70. The van der Waals surface area contributed by atoms with E-state index in [0.717, 1.165) is 25.9 Å². The predicted octanol–water partition coefficient (Wildman–Crippen LogP) is 2.19. The smallest absolute Gasteiger partial charge is 0.300 e. The topological polar surface area (TPSA) is 62.1 Å². The van der Waals surface area contributed by atoms with Crippen molar-refractivity contribution in [3.05, 3.63) is 11.5 Å². The number of ether oxygens (including phenoxy) is 2. The van der Waals surface area contributed by atoms with Crippen LogP contribution in [0.4, 0.5) is 0 Å². The molecule has 3 rings (SSSR count). The molecule has 2 aromatic rings. The van der Waals surface area contributed by atoms with E-state index in [4.69, 9.17) is 21.1 Å². The lowest BCUT2D eigenvalue weighted by atomic mass is 10.2. The maximum atomic E-state index is 6.01. The molecule has 96 valence electrons. The van der Waals surface area contributed by atoms with Crippen LogP contribution in [0.3, 0.4) is 0 Å². The molecule has 1 fully saturated rings. The van der Waals surface area contributed by atoms with Crippen LogP contribution in [0.1, 0.15) is 25.5 Å². The molecule has 1 aliphatic heterocycles. The Kier molecular flexibility index (Phi) is 3.05. The van der Waals surface area contributed by atoms with E-state index in [1.165, 1.54) is 6.33 Å². The molecule has 1 unspecified atom stereocenters. The van der Waals surface area contributed by atoms with E-state index >= 15 is 0 Å². The molecular formula is C11H13ClN4O2.